The summed E-state index contributed by atoms with van der Waals surface area (Å²) in [7, 11) is 0. The molecule has 3 unspecified atom stereocenters. The minimum Gasteiger partial charge on any atom is -0.460 e. The van der Waals surface area contributed by atoms with Crippen LogP contribution in [0, 0.1) is 5.92 Å². The molecule has 36 heavy (non-hydrogen) atoms. The largest absolute Gasteiger partial charge is 0.460 e. The van der Waals surface area contributed by atoms with Gasteiger partial charge in [-0.25, -0.2) is 0 Å². The van der Waals surface area contributed by atoms with Crippen molar-refractivity contribution in [3.63, 3.8) is 0 Å². The first-order chi connectivity index (χ1) is 17.0. The number of esters is 1. The van der Waals surface area contributed by atoms with E-state index >= 15 is 0 Å². The van der Waals surface area contributed by atoms with Gasteiger partial charge in [-0.3, -0.25) is 39.1 Å². The maximum atomic E-state index is 13.2. The number of hydrogen-bond donors (Lipinski definition) is 1. The summed E-state index contributed by atoms with van der Waals surface area (Å²) in [6, 6.07) is 4.23. The molecule has 192 valence electrons. The maximum absolute atomic E-state index is 13.2. The van der Waals surface area contributed by atoms with Crippen molar-refractivity contribution < 1.29 is 33.4 Å². The summed E-state index contributed by atoms with van der Waals surface area (Å²) in [6.07, 6.45) is 1.43. The van der Waals surface area contributed by atoms with E-state index in [2.05, 4.69) is 10.2 Å². The number of hydrogen-bond acceptors (Lipinski definition) is 8. The summed E-state index contributed by atoms with van der Waals surface area (Å²) in [5.41, 5.74) is 0.932. The lowest BCUT2D eigenvalue weighted by atomic mass is 9.89. The lowest BCUT2D eigenvalue weighted by Gasteiger charge is -2.46. The first kappa shape index (κ1) is 24.6. The number of fused-ring (bicyclic) bond motifs is 1. The molecule has 0 spiro atoms. The molecule has 0 bridgehead atoms. The molecule has 0 aliphatic carbocycles. The quantitative estimate of drug-likeness (QED) is 0.492. The van der Waals surface area contributed by atoms with Crippen LogP contribution in [0.5, 0.6) is 0 Å². The molecule has 4 aliphatic heterocycles. The Labute approximate surface area is 209 Å². The fraction of sp³-hybridized carbons (Fsp3) is 0.577. The Hall–Kier alpha value is -3.11. The van der Waals surface area contributed by atoms with Gasteiger partial charge < -0.3 is 9.47 Å². The molecule has 4 heterocycles. The molecule has 10 heteroatoms. The van der Waals surface area contributed by atoms with Gasteiger partial charge in [-0.1, -0.05) is 6.07 Å². The number of piperidine rings is 2. The van der Waals surface area contributed by atoms with E-state index in [9.17, 15) is 24.0 Å². The second kappa shape index (κ2) is 9.08. The van der Waals surface area contributed by atoms with E-state index < -0.39 is 35.3 Å². The van der Waals surface area contributed by atoms with Gasteiger partial charge in [-0.05, 0) is 57.7 Å². The van der Waals surface area contributed by atoms with Crippen LogP contribution in [0.3, 0.4) is 0 Å². The summed E-state index contributed by atoms with van der Waals surface area (Å²) >= 11 is 0. The molecule has 1 aromatic rings. The molecule has 3 fully saturated rings. The van der Waals surface area contributed by atoms with Gasteiger partial charge in [0.25, 0.3) is 11.8 Å². The van der Waals surface area contributed by atoms with E-state index in [0.29, 0.717) is 32.5 Å². The molecule has 0 aromatic heterocycles. The highest BCUT2D eigenvalue weighted by molar-refractivity contribution is 6.23. The number of nitrogens with one attached hydrogen (secondary N) is 1. The summed E-state index contributed by atoms with van der Waals surface area (Å²) in [5, 5.41) is 2.21. The summed E-state index contributed by atoms with van der Waals surface area (Å²) in [4.78, 5) is 65.5. The Morgan fingerprint density at radius 3 is 2.33 bits per heavy atom. The Kier molecular flexibility index (Phi) is 6.20. The number of carbonyl (C=O) groups is 5. The second-order valence-corrected chi connectivity index (χ2v) is 10.9. The predicted octanol–water partition coefficient (Wildman–Crippen LogP) is 1.58. The van der Waals surface area contributed by atoms with E-state index in [1.54, 1.807) is 12.1 Å². The first-order valence-electron chi connectivity index (χ1n) is 12.5. The normalized spacial score (nSPS) is 27.5. The third-order valence-electron chi connectivity index (χ3n) is 7.31. The van der Waals surface area contributed by atoms with Crippen LogP contribution in [0.15, 0.2) is 18.2 Å². The third-order valence-corrected chi connectivity index (χ3v) is 7.31. The summed E-state index contributed by atoms with van der Waals surface area (Å²) in [5.74, 6) is -2.30. The van der Waals surface area contributed by atoms with E-state index in [1.807, 2.05) is 26.8 Å². The van der Waals surface area contributed by atoms with Gasteiger partial charge in [0.05, 0.1) is 23.7 Å². The van der Waals surface area contributed by atoms with Crippen molar-refractivity contribution in [2.24, 2.45) is 5.92 Å². The van der Waals surface area contributed by atoms with E-state index in [0.717, 1.165) is 10.5 Å². The standard InChI is InChI=1S/C26H31N3O7/c1-26(2,3)36-25(34)14-8-10-28(11-9-14)24-18(13-35-24)15-4-5-16-17(12-15)23(33)29(22(16)32)19-6-7-20(30)27-21(19)31/h4-5,12,14,18-19,24H,6-11,13H2,1-3H3,(H,27,30,31). The summed E-state index contributed by atoms with van der Waals surface area (Å²) < 4.78 is 11.4. The van der Waals surface area contributed by atoms with Crippen LogP contribution in [0.25, 0.3) is 0 Å². The Morgan fingerprint density at radius 2 is 1.72 bits per heavy atom. The van der Waals surface area contributed by atoms with Crippen molar-refractivity contribution in [2.75, 3.05) is 19.7 Å². The number of imide groups is 2. The van der Waals surface area contributed by atoms with E-state index in [4.69, 9.17) is 9.47 Å². The van der Waals surface area contributed by atoms with Gasteiger partial charge in [-0.2, -0.15) is 0 Å². The van der Waals surface area contributed by atoms with Crippen molar-refractivity contribution >= 4 is 29.6 Å². The molecule has 5 rings (SSSR count). The van der Waals surface area contributed by atoms with Gasteiger partial charge in [-0.15, -0.1) is 0 Å². The van der Waals surface area contributed by atoms with E-state index in [-0.39, 0.29) is 48.0 Å². The minimum atomic E-state index is -0.982. The topological polar surface area (TPSA) is 122 Å². The molecular formula is C26H31N3O7. The first-order valence-corrected chi connectivity index (χ1v) is 12.5. The molecule has 0 saturated carbocycles. The molecule has 4 amide bonds. The number of benzene rings is 1. The Morgan fingerprint density at radius 1 is 1.03 bits per heavy atom. The number of amides is 4. The lowest BCUT2D eigenvalue weighted by Crippen LogP contribution is -2.54. The highest BCUT2D eigenvalue weighted by Gasteiger charge is 2.46. The molecule has 10 nitrogen and oxygen atoms in total. The lowest BCUT2D eigenvalue weighted by molar-refractivity contribution is -0.179. The van der Waals surface area contributed by atoms with Gasteiger partial charge in [0.2, 0.25) is 11.8 Å². The molecule has 1 N–H and O–H groups in total. The van der Waals surface area contributed by atoms with Crippen molar-refractivity contribution in [3.8, 4) is 0 Å². The number of likely N-dealkylation sites (tertiary alicyclic amines) is 1. The van der Waals surface area contributed by atoms with Crippen LogP contribution in [-0.4, -0.2) is 77.0 Å². The molecule has 0 radical (unpaired) electrons. The average Bonchev–Trinajstić information content (AvgIpc) is 3.02. The highest BCUT2D eigenvalue weighted by atomic mass is 16.6. The maximum Gasteiger partial charge on any atom is 0.309 e. The van der Waals surface area contributed by atoms with Crippen molar-refractivity contribution in [3.05, 3.63) is 34.9 Å². The second-order valence-electron chi connectivity index (χ2n) is 10.9. The van der Waals surface area contributed by atoms with Crippen LogP contribution in [0.4, 0.5) is 0 Å². The minimum absolute atomic E-state index is 0.0286. The third kappa shape index (κ3) is 4.43. The molecule has 3 saturated heterocycles. The fourth-order valence-electron chi connectivity index (χ4n) is 5.39. The number of rotatable bonds is 4. The number of carbonyl (C=O) groups excluding carboxylic acids is 5. The predicted molar refractivity (Wildman–Crippen MR) is 126 cm³/mol. The monoisotopic (exact) mass is 497 g/mol. The van der Waals surface area contributed by atoms with Gasteiger partial charge >= 0.3 is 5.97 Å². The number of ether oxygens (including phenoxy) is 2. The zero-order valence-corrected chi connectivity index (χ0v) is 20.7. The number of nitrogens with zero attached hydrogens (tertiary/aromatic N) is 2. The van der Waals surface area contributed by atoms with Gasteiger partial charge in [0.1, 0.15) is 17.9 Å². The van der Waals surface area contributed by atoms with Gasteiger partial charge in [0, 0.05) is 25.4 Å². The van der Waals surface area contributed by atoms with Crippen LogP contribution in [0.1, 0.15) is 78.7 Å². The zero-order valence-electron chi connectivity index (χ0n) is 20.7. The van der Waals surface area contributed by atoms with Crippen LogP contribution in [0.2, 0.25) is 0 Å². The van der Waals surface area contributed by atoms with Crippen molar-refractivity contribution in [2.45, 2.75) is 70.2 Å². The van der Waals surface area contributed by atoms with Crippen molar-refractivity contribution in [1.82, 2.24) is 15.1 Å². The van der Waals surface area contributed by atoms with Gasteiger partial charge in [0.15, 0.2) is 0 Å². The molecular weight excluding hydrogens is 466 g/mol. The smallest absolute Gasteiger partial charge is 0.309 e. The SMILES string of the molecule is CC(C)(C)OC(=O)C1CCN(C2OCC2c2ccc3c(c2)C(=O)N(C2CCC(=O)NC2=O)C3=O)CC1. The fourth-order valence-corrected chi connectivity index (χ4v) is 5.39. The zero-order chi connectivity index (χ0) is 25.8. The molecule has 4 aliphatic rings. The Balaban J connectivity index is 1.25. The average molecular weight is 498 g/mol. The molecule has 1 aromatic carbocycles. The highest BCUT2D eigenvalue weighted by Crippen LogP contribution is 2.38. The van der Waals surface area contributed by atoms with Crippen molar-refractivity contribution in [1.29, 1.82) is 0 Å². The van der Waals surface area contributed by atoms with E-state index in [1.165, 1.54) is 0 Å². The summed E-state index contributed by atoms with van der Waals surface area (Å²) in [6.45, 7) is 7.51. The Bertz CT molecular complexity index is 1130. The van der Waals surface area contributed by atoms with Crippen LogP contribution in [-0.2, 0) is 23.9 Å². The van der Waals surface area contributed by atoms with Crippen LogP contribution >= 0.6 is 0 Å². The molecule has 3 atom stereocenters. The van der Waals surface area contributed by atoms with Crippen LogP contribution < -0.4 is 5.32 Å².